The third-order valence-corrected chi connectivity index (χ3v) is 3.25. The fraction of sp³-hybridized carbons (Fsp3) is 0.417. The smallest absolute Gasteiger partial charge is 0.398 e. The highest BCUT2D eigenvalue weighted by Gasteiger charge is 2.57. The monoisotopic (exact) mass is 274 g/mol. The third-order valence-electron chi connectivity index (χ3n) is 3.25. The molecular formula is C12H13F3N2O2. The molecule has 1 aromatic carbocycles. The summed E-state index contributed by atoms with van der Waals surface area (Å²) in [6.07, 6.45) is -5.26. The molecule has 19 heavy (non-hydrogen) atoms. The molecule has 2 rings (SSSR count). The minimum Gasteiger partial charge on any atom is -0.398 e. The zero-order valence-electron chi connectivity index (χ0n) is 9.94. The molecule has 1 aliphatic heterocycles. The Morgan fingerprint density at radius 2 is 2.00 bits per heavy atom. The Kier molecular flexibility index (Phi) is 3.17. The molecular weight excluding hydrogens is 261 g/mol. The number of nitrogen functional groups attached to an aromatic ring is 1. The number of hydrogen-bond acceptors (Lipinski definition) is 3. The van der Waals surface area contributed by atoms with Gasteiger partial charge < -0.3 is 15.7 Å². The van der Waals surface area contributed by atoms with Gasteiger partial charge in [0, 0.05) is 18.7 Å². The summed E-state index contributed by atoms with van der Waals surface area (Å²) in [6, 6.07) is 6.15. The van der Waals surface area contributed by atoms with E-state index in [0.717, 1.165) is 4.90 Å². The van der Waals surface area contributed by atoms with E-state index in [1.165, 1.54) is 12.1 Å². The Balaban J connectivity index is 2.18. The largest absolute Gasteiger partial charge is 0.419 e. The van der Waals surface area contributed by atoms with Crippen LogP contribution in [0.3, 0.4) is 0 Å². The van der Waals surface area contributed by atoms with E-state index in [0.29, 0.717) is 0 Å². The summed E-state index contributed by atoms with van der Waals surface area (Å²) in [5, 5.41) is 9.51. The lowest BCUT2D eigenvalue weighted by atomic mass is 10.0. The minimum atomic E-state index is -4.75. The summed E-state index contributed by atoms with van der Waals surface area (Å²) in [5.74, 6) is -0.599. The summed E-state index contributed by atoms with van der Waals surface area (Å²) < 4.78 is 38.0. The standard InChI is InChI=1S/C12H13F3N2O2/c13-12(14,15)11(19)5-6-17(7-11)10(18)8-3-1-2-4-9(8)16/h1-4,19H,5-7,16H2. The minimum absolute atomic E-state index is 0.147. The molecule has 104 valence electrons. The van der Waals surface area contributed by atoms with Gasteiger partial charge in [-0.15, -0.1) is 0 Å². The average Bonchev–Trinajstić information content (AvgIpc) is 2.72. The van der Waals surface area contributed by atoms with Gasteiger partial charge in [0.25, 0.3) is 5.91 Å². The highest BCUT2D eigenvalue weighted by atomic mass is 19.4. The Hall–Kier alpha value is -1.76. The van der Waals surface area contributed by atoms with E-state index >= 15 is 0 Å². The van der Waals surface area contributed by atoms with Crippen LogP contribution in [0.1, 0.15) is 16.8 Å². The molecule has 1 aliphatic rings. The number of carbonyl (C=O) groups excluding carboxylic acids is 1. The number of likely N-dealkylation sites (tertiary alicyclic amines) is 1. The summed E-state index contributed by atoms with van der Waals surface area (Å²) in [5.41, 5.74) is 3.13. The summed E-state index contributed by atoms with van der Waals surface area (Å²) in [7, 11) is 0. The second-order valence-corrected chi connectivity index (χ2v) is 4.59. The van der Waals surface area contributed by atoms with Crippen molar-refractivity contribution in [3.05, 3.63) is 29.8 Å². The van der Waals surface area contributed by atoms with Gasteiger partial charge in [-0.3, -0.25) is 4.79 Å². The number of carbonyl (C=O) groups is 1. The van der Waals surface area contributed by atoms with E-state index in [-0.39, 0.29) is 17.8 Å². The maximum atomic E-state index is 12.7. The lowest BCUT2D eigenvalue weighted by molar-refractivity contribution is -0.253. The zero-order valence-corrected chi connectivity index (χ0v) is 9.94. The van der Waals surface area contributed by atoms with Gasteiger partial charge in [0.15, 0.2) is 5.60 Å². The van der Waals surface area contributed by atoms with E-state index in [9.17, 15) is 23.1 Å². The van der Waals surface area contributed by atoms with Gasteiger partial charge in [-0.2, -0.15) is 13.2 Å². The first-order valence-electron chi connectivity index (χ1n) is 5.67. The van der Waals surface area contributed by atoms with Crippen molar-refractivity contribution in [2.75, 3.05) is 18.8 Å². The molecule has 0 bridgehead atoms. The van der Waals surface area contributed by atoms with Crippen LogP contribution in [0.4, 0.5) is 18.9 Å². The Morgan fingerprint density at radius 1 is 1.37 bits per heavy atom. The molecule has 0 aromatic heterocycles. The van der Waals surface area contributed by atoms with Crippen LogP contribution in [-0.4, -0.2) is 40.8 Å². The summed E-state index contributed by atoms with van der Waals surface area (Å²) >= 11 is 0. The normalized spacial score (nSPS) is 23.7. The number of β-amino-alcohol motifs (C(OH)–C–C–N with tert-alkyl or cyclic N) is 1. The van der Waals surface area contributed by atoms with E-state index in [4.69, 9.17) is 5.73 Å². The van der Waals surface area contributed by atoms with E-state index in [2.05, 4.69) is 0 Å². The van der Waals surface area contributed by atoms with Gasteiger partial charge >= 0.3 is 6.18 Å². The van der Waals surface area contributed by atoms with Crippen molar-refractivity contribution in [2.24, 2.45) is 0 Å². The van der Waals surface area contributed by atoms with Crippen molar-refractivity contribution >= 4 is 11.6 Å². The lowest BCUT2D eigenvalue weighted by Gasteiger charge is -2.26. The number of rotatable bonds is 1. The first-order chi connectivity index (χ1) is 8.74. The maximum Gasteiger partial charge on any atom is 0.419 e. The second-order valence-electron chi connectivity index (χ2n) is 4.59. The topological polar surface area (TPSA) is 66.6 Å². The van der Waals surface area contributed by atoms with Crippen LogP contribution in [0, 0.1) is 0 Å². The first-order valence-corrected chi connectivity index (χ1v) is 5.67. The zero-order chi connectivity index (χ0) is 14.3. The first kappa shape index (κ1) is 13.7. The van der Waals surface area contributed by atoms with Gasteiger partial charge in [0.05, 0.1) is 12.1 Å². The summed E-state index contributed by atoms with van der Waals surface area (Å²) in [6.45, 7) is -0.910. The van der Waals surface area contributed by atoms with E-state index in [1.54, 1.807) is 12.1 Å². The van der Waals surface area contributed by atoms with E-state index in [1.807, 2.05) is 0 Å². The van der Waals surface area contributed by atoms with Crippen LogP contribution in [-0.2, 0) is 0 Å². The van der Waals surface area contributed by atoms with Crippen LogP contribution in [0.25, 0.3) is 0 Å². The summed E-state index contributed by atoms with van der Waals surface area (Å²) in [4.78, 5) is 13.0. The molecule has 0 spiro atoms. The van der Waals surface area contributed by atoms with Crippen LogP contribution < -0.4 is 5.73 Å². The molecule has 1 atom stereocenters. The van der Waals surface area contributed by atoms with Gasteiger partial charge in [-0.05, 0) is 12.1 Å². The maximum absolute atomic E-state index is 12.7. The highest BCUT2D eigenvalue weighted by molar-refractivity contribution is 5.99. The molecule has 1 fully saturated rings. The number of amides is 1. The van der Waals surface area contributed by atoms with Crippen molar-refractivity contribution in [1.82, 2.24) is 4.90 Å². The quantitative estimate of drug-likeness (QED) is 0.761. The van der Waals surface area contributed by atoms with Crippen molar-refractivity contribution in [3.8, 4) is 0 Å². The molecule has 0 aliphatic carbocycles. The lowest BCUT2D eigenvalue weighted by Crippen LogP contribution is -2.48. The molecule has 1 unspecified atom stereocenters. The molecule has 1 amide bonds. The number of hydrogen-bond donors (Lipinski definition) is 2. The Bertz CT molecular complexity index is 504. The Labute approximate surface area is 107 Å². The van der Waals surface area contributed by atoms with Gasteiger partial charge in [0.1, 0.15) is 0 Å². The number of benzene rings is 1. The molecule has 0 radical (unpaired) electrons. The number of para-hydroxylation sites is 1. The molecule has 3 N–H and O–H groups in total. The Morgan fingerprint density at radius 3 is 2.53 bits per heavy atom. The van der Waals surface area contributed by atoms with Crippen molar-refractivity contribution in [1.29, 1.82) is 0 Å². The molecule has 7 heteroatoms. The molecule has 4 nitrogen and oxygen atoms in total. The number of aliphatic hydroxyl groups is 1. The molecule has 1 saturated heterocycles. The number of anilines is 1. The van der Waals surface area contributed by atoms with Gasteiger partial charge in [0.2, 0.25) is 0 Å². The van der Waals surface area contributed by atoms with Crippen LogP contribution in [0.2, 0.25) is 0 Å². The predicted octanol–water partition coefficient (Wildman–Crippen LogP) is 1.41. The average molecular weight is 274 g/mol. The van der Waals surface area contributed by atoms with Crippen LogP contribution in [0.15, 0.2) is 24.3 Å². The molecule has 1 aromatic rings. The SMILES string of the molecule is Nc1ccccc1C(=O)N1CCC(O)(C(F)(F)F)C1. The molecule has 1 heterocycles. The fourth-order valence-electron chi connectivity index (χ4n) is 2.06. The van der Waals surface area contributed by atoms with Crippen molar-refractivity contribution < 1.29 is 23.1 Å². The number of nitrogens with zero attached hydrogens (tertiary/aromatic N) is 1. The molecule has 0 saturated carbocycles. The van der Waals surface area contributed by atoms with Gasteiger partial charge in [-0.25, -0.2) is 0 Å². The predicted molar refractivity (Wildman–Crippen MR) is 62.4 cm³/mol. The van der Waals surface area contributed by atoms with Crippen molar-refractivity contribution in [2.45, 2.75) is 18.2 Å². The van der Waals surface area contributed by atoms with Crippen LogP contribution >= 0.6 is 0 Å². The van der Waals surface area contributed by atoms with Crippen LogP contribution in [0.5, 0.6) is 0 Å². The second kappa shape index (κ2) is 4.41. The van der Waals surface area contributed by atoms with E-state index < -0.39 is 30.7 Å². The van der Waals surface area contributed by atoms with Crippen molar-refractivity contribution in [3.63, 3.8) is 0 Å². The number of alkyl halides is 3. The number of nitrogens with two attached hydrogens (primary N) is 1. The third kappa shape index (κ3) is 2.37. The highest BCUT2D eigenvalue weighted by Crippen LogP contribution is 2.38. The van der Waals surface area contributed by atoms with Gasteiger partial charge in [-0.1, -0.05) is 12.1 Å². The fourth-order valence-corrected chi connectivity index (χ4v) is 2.06. The number of halogens is 3.